The van der Waals surface area contributed by atoms with E-state index >= 15 is 0 Å². The predicted molar refractivity (Wildman–Crippen MR) is 210 cm³/mol. The van der Waals surface area contributed by atoms with E-state index in [0.717, 1.165) is 16.7 Å². The van der Waals surface area contributed by atoms with Crippen molar-refractivity contribution in [1.82, 2.24) is 24.4 Å². The maximum absolute atomic E-state index is 13.1. The van der Waals surface area contributed by atoms with Crippen molar-refractivity contribution in [1.29, 1.82) is 0 Å². The Morgan fingerprint density at radius 3 is 2.06 bits per heavy atom. The summed E-state index contributed by atoms with van der Waals surface area (Å²) in [5, 5.41) is 12.0. The second-order valence-corrected chi connectivity index (χ2v) is 19.9. The second-order valence-electron chi connectivity index (χ2n) is 15.1. The number of methoxy groups -OCH3 is 2. The molecule has 0 bridgehead atoms. The Hall–Kier alpha value is -4.86. The SMILES string of the molecule is COc1ccc(C(OC[C@H]2O[C@@H](n3cnc4c(=O)[nH]c(N=CN(C)C)nc43)C(O[Si](C)(C)C(C)(C)C)C2O)(c2ccccc2)c2ccc(OC)cc2)cc1. The van der Waals surface area contributed by atoms with Crippen LogP contribution in [0.3, 0.4) is 0 Å². The van der Waals surface area contributed by atoms with Gasteiger partial charge in [-0.25, -0.2) is 9.98 Å². The van der Waals surface area contributed by atoms with Gasteiger partial charge in [0.15, 0.2) is 25.7 Å². The van der Waals surface area contributed by atoms with Gasteiger partial charge in [0, 0.05) is 14.1 Å². The molecule has 2 N–H and O–H groups in total. The highest BCUT2D eigenvalue weighted by Gasteiger charge is 2.52. The lowest BCUT2D eigenvalue weighted by Crippen LogP contribution is -2.49. The molecule has 3 aromatic carbocycles. The zero-order valence-corrected chi connectivity index (χ0v) is 33.3. The first kappa shape index (κ1) is 38.8. The molecule has 1 fully saturated rings. The van der Waals surface area contributed by atoms with Gasteiger partial charge in [0.05, 0.1) is 33.5 Å². The normalized spacial score (nSPS) is 19.4. The Morgan fingerprint density at radius 2 is 1.52 bits per heavy atom. The number of aliphatic imine (C=N–C) groups is 1. The molecule has 0 radical (unpaired) electrons. The number of hydrogen-bond acceptors (Lipinski definition) is 10. The topological polar surface area (TPSA) is 146 Å². The predicted octanol–water partition coefficient (Wildman–Crippen LogP) is 6.02. The van der Waals surface area contributed by atoms with Gasteiger partial charge in [-0.2, -0.15) is 4.98 Å². The van der Waals surface area contributed by atoms with Crippen LogP contribution in [0.15, 0.2) is 95.0 Å². The van der Waals surface area contributed by atoms with Gasteiger partial charge in [-0.1, -0.05) is 75.4 Å². The number of ether oxygens (including phenoxy) is 4. The van der Waals surface area contributed by atoms with Gasteiger partial charge in [-0.05, 0) is 59.1 Å². The van der Waals surface area contributed by atoms with Crippen molar-refractivity contribution in [2.24, 2.45) is 4.99 Å². The number of aromatic amines is 1. The molecule has 4 atom stereocenters. The third kappa shape index (κ3) is 7.57. The number of hydrogen-bond donors (Lipinski definition) is 2. The minimum absolute atomic E-state index is 0.0407. The first-order valence-corrected chi connectivity index (χ1v) is 20.8. The maximum Gasteiger partial charge on any atom is 0.280 e. The van der Waals surface area contributed by atoms with Crippen molar-refractivity contribution in [3.63, 3.8) is 0 Å². The molecule has 1 aliphatic heterocycles. The van der Waals surface area contributed by atoms with E-state index in [9.17, 15) is 9.90 Å². The van der Waals surface area contributed by atoms with Gasteiger partial charge in [0.2, 0.25) is 5.95 Å². The van der Waals surface area contributed by atoms with Gasteiger partial charge in [0.1, 0.15) is 35.4 Å². The smallest absolute Gasteiger partial charge is 0.280 e. The van der Waals surface area contributed by atoms with Crippen LogP contribution >= 0.6 is 0 Å². The lowest BCUT2D eigenvalue weighted by atomic mass is 9.80. The molecule has 2 aromatic heterocycles. The number of rotatable bonds is 13. The van der Waals surface area contributed by atoms with Crippen LogP contribution in [0, 0.1) is 0 Å². The van der Waals surface area contributed by atoms with Crippen LogP contribution in [0.4, 0.5) is 5.95 Å². The van der Waals surface area contributed by atoms with Crippen molar-refractivity contribution in [3.05, 3.63) is 112 Å². The number of imidazole rings is 1. The molecule has 0 saturated carbocycles. The molecule has 3 heterocycles. The Labute approximate surface area is 316 Å². The minimum Gasteiger partial charge on any atom is -0.497 e. The molecule has 1 aliphatic rings. The molecular weight excluding hydrogens is 705 g/mol. The van der Waals surface area contributed by atoms with E-state index < -0.39 is 44.0 Å². The van der Waals surface area contributed by atoms with Crippen molar-refractivity contribution in [3.8, 4) is 11.5 Å². The summed E-state index contributed by atoms with van der Waals surface area (Å²) >= 11 is 0. The fourth-order valence-corrected chi connectivity index (χ4v) is 7.63. The number of fused-ring (bicyclic) bond motifs is 1. The molecule has 2 unspecified atom stereocenters. The number of nitrogens with zero attached hydrogens (tertiary/aromatic N) is 5. The van der Waals surface area contributed by atoms with E-state index in [4.69, 9.17) is 23.4 Å². The summed E-state index contributed by atoms with van der Waals surface area (Å²) < 4.78 is 33.5. The fraction of sp³-hybridized carbons (Fsp3) is 0.400. The molecule has 5 aromatic rings. The van der Waals surface area contributed by atoms with Gasteiger partial charge < -0.3 is 33.4 Å². The third-order valence-electron chi connectivity index (χ3n) is 10.3. The number of nitrogens with one attached hydrogen (secondary N) is 1. The number of benzene rings is 3. The summed E-state index contributed by atoms with van der Waals surface area (Å²) in [5.74, 6) is 1.51. The van der Waals surface area contributed by atoms with Gasteiger partial charge in [0.25, 0.3) is 5.56 Å². The molecule has 6 rings (SSSR count). The maximum atomic E-state index is 13.1. The van der Waals surface area contributed by atoms with E-state index in [1.54, 1.807) is 30.0 Å². The number of aliphatic hydroxyl groups is 1. The van der Waals surface area contributed by atoms with E-state index in [1.165, 1.54) is 6.33 Å². The van der Waals surface area contributed by atoms with E-state index in [-0.39, 0.29) is 28.8 Å². The van der Waals surface area contributed by atoms with Crippen molar-refractivity contribution in [2.45, 2.75) is 69.0 Å². The molecule has 54 heavy (non-hydrogen) atoms. The molecule has 1 saturated heterocycles. The van der Waals surface area contributed by atoms with Gasteiger partial charge >= 0.3 is 0 Å². The quantitative estimate of drug-likeness (QED) is 0.0634. The second kappa shape index (κ2) is 15.5. The standard InChI is InChI=1S/C40H50N6O7Si/c1-39(2,3)54(8,9)53-34-33(47)31(52-37(34)46-25-41-32-35(46)43-38(44-36(32)48)42-24-45(4)5)23-51-40(26-13-11-10-12-14-26,27-15-19-29(49-6)20-16-27)28-17-21-30(50-7)22-18-28/h10-22,24-25,31,33-34,37,47H,23H2,1-9H3,(H,43,44,48)/t31-,33?,34?,37-/m1/s1. The lowest BCUT2D eigenvalue weighted by molar-refractivity contribution is -0.0940. The van der Waals surface area contributed by atoms with Crippen molar-refractivity contribution < 1.29 is 28.5 Å². The van der Waals surface area contributed by atoms with Crippen LogP contribution < -0.4 is 15.0 Å². The van der Waals surface area contributed by atoms with Crippen LogP contribution in [0.1, 0.15) is 43.7 Å². The van der Waals surface area contributed by atoms with E-state index in [1.807, 2.05) is 93.0 Å². The number of aliphatic hydroxyl groups excluding tert-OH is 1. The molecule has 13 nitrogen and oxygen atoms in total. The Balaban J connectivity index is 1.45. The summed E-state index contributed by atoms with van der Waals surface area (Å²) in [6.45, 7) is 10.6. The minimum atomic E-state index is -2.50. The number of H-pyrrole nitrogens is 1. The summed E-state index contributed by atoms with van der Waals surface area (Å²) in [5.41, 5.74) is 1.32. The van der Waals surface area contributed by atoms with Crippen LogP contribution in [-0.4, -0.2) is 97.4 Å². The molecule has 286 valence electrons. The van der Waals surface area contributed by atoms with Crippen LogP contribution in [-0.2, 0) is 19.5 Å². The highest BCUT2D eigenvalue weighted by atomic mass is 28.4. The average Bonchev–Trinajstić information content (AvgIpc) is 3.71. The van der Waals surface area contributed by atoms with Crippen LogP contribution in [0.2, 0.25) is 18.1 Å². The monoisotopic (exact) mass is 754 g/mol. The van der Waals surface area contributed by atoms with Crippen LogP contribution in [0.5, 0.6) is 11.5 Å². The highest BCUT2D eigenvalue weighted by molar-refractivity contribution is 6.74. The van der Waals surface area contributed by atoms with Gasteiger partial charge in [-0.3, -0.25) is 14.3 Å². The summed E-state index contributed by atoms with van der Waals surface area (Å²) in [4.78, 5) is 30.9. The fourth-order valence-electron chi connectivity index (χ4n) is 6.34. The lowest BCUT2D eigenvalue weighted by Gasteiger charge is -2.40. The van der Waals surface area contributed by atoms with Gasteiger partial charge in [-0.15, -0.1) is 0 Å². The first-order chi connectivity index (χ1) is 25.7. The molecular formula is C40H50N6O7Si. The van der Waals surface area contributed by atoms with Crippen molar-refractivity contribution in [2.75, 3.05) is 34.9 Å². The molecule has 14 heteroatoms. The van der Waals surface area contributed by atoms with Crippen LogP contribution in [0.25, 0.3) is 11.2 Å². The number of aromatic nitrogens is 4. The zero-order chi connectivity index (χ0) is 38.8. The zero-order valence-electron chi connectivity index (χ0n) is 32.3. The third-order valence-corrected chi connectivity index (χ3v) is 14.8. The average molecular weight is 755 g/mol. The Bertz CT molecular complexity index is 2060. The molecule has 0 amide bonds. The van der Waals surface area contributed by atoms with E-state index in [0.29, 0.717) is 11.5 Å². The molecule has 0 spiro atoms. The first-order valence-electron chi connectivity index (χ1n) is 17.9. The molecule has 0 aliphatic carbocycles. The summed E-state index contributed by atoms with van der Waals surface area (Å²) in [6, 6.07) is 25.4. The van der Waals surface area contributed by atoms with Crippen molar-refractivity contribution >= 4 is 31.8 Å². The summed E-state index contributed by atoms with van der Waals surface area (Å²) in [7, 11) is 4.39. The highest BCUT2D eigenvalue weighted by Crippen LogP contribution is 2.45. The Morgan fingerprint density at radius 1 is 0.944 bits per heavy atom. The largest absolute Gasteiger partial charge is 0.497 e. The summed E-state index contributed by atoms with van der Waals surface area (Å²) in [6.07, 6.45) is -0.703. The Kier molecular flexibility index (Phi) is 11.1. The van der Waals surface area contributed by atoms with E-state index in [2.05, 4.69) is 53.8 Å².